The van der Waals surface area contributed by atoms with Gasteiger partial charge in [0, 0.05) is 19.6 Å². The maximum absolute atomic E-state index is 5.90. The first-order chi connectivity index (χ1) is 8.99. The lowest BCUT2D eigenvalue weighted by atomic mass is 10.3. The number of alkyl halides is 3. The molecule has 1 saturated heterocycles. The molecule has 0 aliphatic carbocycles. The molecule has 0 spiro atoms. The maximum atomic E-state index is 5.90. The molecule has 106 valence electrons. The van der Waals surface area contributed by atoms with E-state index >= 15 is 0 Å². The molecule has 1 aromatic heterocycles. The van der Waals surface area contributed by atoms with E-state index in [2.05, 4.69) is 14.9 Å². The van der Waals surface area contributed by atoms with Gasteiger partial charge in [-0.05, 0) is 12.3 Å². The lowest BCUT2D eigenvalue weighted by Crippen LogP contribution is -2.36. The fraction of sp³-hybridized carbons (Fsp3) is 0.636. The number of aromatic nitrogens is 2. The van der Waals surface area contributed by atoms with Crippen molar-refractivity contribution < 1.29 is 4.74 Å². The van der Waals surface area contributed by atoms with Crippen LogP contribution < -0.4 is 0 Å². The summed E-state index contributed by atoms with van der Waals surface area (Å²) in [6.07, 6.45) is 1.90. The smallest absolute Gasteiger partial charge is 0.232 e. The Morgan fingerprint density at radius 3 is 2.58 bits per heavy atom. The highest BCUT2D eigenvalue weighted by atomic mass is 35.6. The number of hydrogen-bond donors (Lipinski definition) is 0. The summed E-state index contributed by atoms with van der Waals surface area (Å²) in [7, 11) is 0. The Labute approximate surface area is 131 Å². The number of hydrogen-bond acceptors (Lipinski definition) is 5. The average Bonchev–Trinajstić information content (AvgIpc) is 2.38. The van der Waals surface area contributed by atoms with E-state index in [0.717, 1.165) is 32.0 Å². The van der Waals surface area contributed by atoms with Gasteiger partial charge in [0.05, 0.1) is 24.6 Å². The third-order valence-electron chi connectivity index (χ3n) is 2.72. The molecule has 2 rings (SSSR count). The first-order valence-corrected chi connectivity index (χ1v) is 8.14. The molecule has 0 unspecified atom stereocenters. The quantitative estimate of drug-likeness (QED) is 0.480. The van der Waals surface area contributed by atoms with Gasteiger partial charge in [-0.3, -0.25) is 4.90 Å². The van der Waals surface area contributed by atoms with Crippen LogP contribution in [-0.2, 0) is 15.1 Å². The van der Waals surface area contributed by atoms with Crippen molar-refractivity contribution in [1.82, 2.24) is 14.9 Å². The van der Waals surface area contributed by atoms with Crippen molar-refractivity contribution in [2.24, 2.45) is 0 Å². The fourth-order valence-corrected chi connectivity index (χ4v) is 2.47. The van der Waals surface area contributed by atoms with E-state index in [9.17, 15) is 0 Å². The van der Waals surface area contributed by atoms with Crippen molar-refractivity contribution in [3.05, 3.63) is 17.5 Å². The predicted octanol–water partition coefficient (Wildman–Crippen LogP) is 2.86. The van der Waals surface area contributed by atoms with Gasteiger partial charge in [-0.2, -0.15) is 0 Å². The van der Waals surface area contributed by atoms with E-state index in [1.807, 2.05) is 6.26 Å². The predicted molar refractivity (Wildman–Crippen MR) is 79.1 cm³/mol. The first-order valence-electron chi connectivity index (χ1n) is 5.78. The lowest BCUT2D eigenvalue weighted by molar-refractivity contribution is 0.0335. The summed E-state index contributed by atoms with van der Waals surface area (Å²) in [5.74, 6) is 0. The van der Waals surface area contributed by atoms with E-state index in [0.29, 0.717) is 17.4 Å². The number of halogens is 3. The number of rotatable bonds is 3. The summed E-state index contributed by atoms with van der Waals surface area (Å²) in [4.78, 5) is 10.9. The highest BCUT2D eigenvalue weighted by Crippen LogP contribution is 2.37. The normalized spacial score (nSPS) is 17.7. The molecule has 0 bridgehead atoms. The number of nitrogens with zero attached hydrogens (tertiary/aromatic N) is 3. The summed E-state index contributed by atoms with van der Waals surface area (Å²) >= 11 is 19.1. The van der Waals surface area contributed by atoms with Gasteiger partial charge in [0.25, 0.3) is 0 Å². The molecule has 19 heavy (non-hydrogen) atoms. The van der Waals surface area contributed by atoms with Gasteiger partial charge in [-0.15, -0.1) is 0 Å². The Hall–Kier alpha value is 0.220. The largest absolute Gasteiger partial charge is 0.379 e. The Morgan fingerprint density at radius 2 is 2.00 bits per heavy atom. The Balaban J connectivity index is 2.19. The molecule has 0 amide bonds. The van der Waals surface area contributed by atoms with Crippen molar-refractivity contribution in [2.75, 3.05) is 32.6 Å². The second-order valence-electron chi connectivity index (χ2n) is 4.12. The number of thioether (sulfide) groups is 1. The molecular weight excluding hydrogens is 329 g/mol. The van der Waals surface area contributed by atoms with E-state index in [-0.39, 0.29) is 0 Å². The topological polar surface area (TPSA) is 38.2 Å². The molecule has 2 heterocycles. The Kier molecular flexibility index (Phi) is 5.57. The average molecular weight is 343 g/mol. The van der Waals surface area contributed by atoms with Gasteiger partial charge in [-0.25, -0.2) is 9.97 Å². The molecule has 4 nitrogen and oxygen atoms in total. The minimum absolute atomic E-state index is 0.417. The summed E-state index contributed by atoms with van der Waals surface area (Å²) in [5.41, 5.74) is 1.28. The van der Waals surface area contributed by atoms with E-state index in [1.54, 1.807) is 6.07 Å². The van der Waals surface area contributed by atoms with Gasteiger partial charge in [0.15, 0.2) is 5.16 Å². The standard InChI is InChI=1S/C11H14Cl3N3OS/c1-19-10-15-8(6-9(16-10)11(12,13)14)7-17-2-4-18-5-3-17/h6H,2-5,7H2,1H3. The monoisotopic (exact) mass is 341 g/mol. The van der Waals surface area contributed by atoms with Crippen molar-refractivity contribution in [3.63, 3.8) is 0 Å². The SMILES string of the molecule is CSc1nc(CN2CCOCC2)cc(C(Cl)(Cl)Cl)n1. The van der Waals surface area contributed by atoms with Crippen molar-refractivity contribution in [2.45, 2.75) is 15.5 Å². The van der Waals surface area contributed by atoms with E-state index < -0.39 is 3.79 Å². The number of ether oxygens (including phenoxy) is 1. The van der Waals surface area contributed by atoms with Crippen LogP contribution in [0, 0.1) is 0 Å². The zero-order valence-corrected chi connectivity index (χ0v) is 13.5. The van der Waals surface area contributed by atoms with Crippen LogP contribution in [0.25, 0.3) is 0 Å². The van der Waals surface area contributed by atoms with Crippen LogP contribution >= 0.6 is 46.6 Å². The molecule has 1 aliphatic rings. The third kappa shape index (κ3) is 4.62. The zero-order valence-electron chi connectivity index (χ0n) is 10.4. The molecular formula is C11H14Cl3N3OS. The summed E-state index contributed by atoms with van der Waals surface area (Å²) in [5, 5.41) is 0.618. The molecule has 0 radical (unpaired) electrons. The lowest BCUT2D eigenvalue weighted by Gasteiger charge is -2.26. The van der Waals surface area contributed by atoms with Gasteiger partial charge in [-0.1, -0.05) is 46.6 Å². The van der Waals surface area contributed by atoms with Crippen LogP contribution in [0.1, 0.15) is 11.4 Å². The Bertz CT molecular complexity index is 436. The molecule has 0 aromatic carbocycles. The molecule has 1 aliphatic heterocycles. The highest BCUT2D eigenvalue weighted by Gasteiger charge is 2.26. The molecule has 0 N–H and O–H groups in total. The highest BCUT2D eigenvalue weighted by molar-refractivity contribution is 7.98. The molecule has 0 saturated carbocycles. The van der Waals surface area contributed by atoms with Crippen LogP contribution in [0.5, 0.6) is 0 Å². The van der Waals surface area contributed by atoms with Gasteiger partial charge >= 0.3 is 0 Å². The van der Waals surface area contributed by atoms with Crippen molar-refractivity contribution in [1.29, 1.82) is 0 Å². The van der Waals surface area contributed by atoms with Gasteiger partial charge in [0.1, 0.15) is 0 Å². The summed E-state index contributed by atoms with van der Waals surface area (Å²) < 4.78 is 3.80. The fourth-order valence-electron chi connectivity index (χ4n) is 1.78. The second kappa shape index (κ2) is 6.78. The van der Waals surface area contributed by atoms with Crippen LogP contribution in [0.15, 0.2) is 11.2 Å². The van der Waals surface area contributed by atoms with Crippen LogP contribution in [0.3, 0.4) is 0 Å². The van der Waals surface area contributed by atoms with Gasteiger partial charge in [0.2, 0.25) is 3.79 Å². The molecule has 8 heteroatoms. The van der Waals surface area contributed by atoms with E-state index in [4.69, 9.17) is 39.5 Å². The van der Waals surface area contributed by atoms with Crippen LogP contribution in [-0.4, -0.2) is 47.4 Å². The van der Waals surface area contributed by atoms with Crippen LogP contribution in [0.2, 0.25) is 0 Å². The minimum Gasteiger partial charge on any atom is -0.379 e. The molecule has 1 aromatic rings. The summed E-state index contributed by atoms with van der Waals surface area (Å²) in [6, 6.07) is 1.75. The maximum Gasteiger partial charge on any atom is 0.232 e. The van der Waals surface area contributed by atoms with Gasteiger partial charge < -0.3 is 4.74 Å². The third-order valence-corrected chi connectivity index (χ3v) is 3.85. The van der Waals surface area contributed by atoms with Crippen molar-refractivity contribution in [3.8, 4) is 0 Å². The Morgan fingerprint density at radius 1 is 1.32 bits per heavy atom. The zero-order chi connectivity index (χ0) is 13.9. The first kappa shape index (κ1) is 15.6. The minimum atomic E-state index is -1.52. The second-order valence-corrected chi connectivity index (χ2v) is 7.17. The summed E-state index contributed by atoms with van der Waals surface area (Å²) in [6.45, 7) is 3.99. The molecule has 1 fully saturated rings. The van der Waals surface area contributed by atoms with E-state index in [1.165, 1.54) is 11.8 Å². The van der Waals surface area contributed by atoms with Crippen LogP contribution in [0.4, 0.5) is 0 Å². The number of morpholine rings is 1. The van der Waals surface area contributed by atoms with Crippen molar-refractivity contribution >= 4 is 46.6 Å². The molecule has 0 atom stereocenters.